The zero-order valence-corrected chi connectivity index (χ0v) is 15.5. The van der Waals surface area contributed by atoms with Gasteiger partial charge in [0.1, 0.15) is 13.2 Å². The lowest BCUT2D eigenvalue weighted by Crippen LogP contribution is -2.22. The zero-order valence-electron chi connectivity index (χ0n) is 15.5. The Hall–Kier alpha value is -2.82. The van der Waals surface area contributed by atoms with Crippen LogP contribution >= 0.6 is 0 Å². The SMILES string of the molecule is CC/C(=N\NC(=O)Cc1ccc(C)cc1C)c1ccc2c(c1)OCCO2. The van der Waals surface area contributed by atoms with Crippen molar-refractivity contribution in [1.82, 2.24) is 5.43 Å². The first-order chi connectivity index (χ1) is 12.6. The van der Waals surface area contributed by atoms with Crippen molar-refractivity contribution in [2.24, 2.45) is 5.10 Å². The zero-order chi connectivity index (χ0) is 18.5. The number of hydrogen-bond acceptors (Lipinski definition) is 4. The van der Waals surface area contributed by atoms with Gasteiger partial charge < -0.3 is 9.47 Å². The summed E-state index contributed by atoms with van der Waals surface area (Å²) in [6, 6.07) is 11.8. The number of hydrogen-bond donors (Lipinski definition) is 1. The predicted octanol–water partition coefficient (Wildman–Crippen LogP) is 3.55. The lowest BCUT2D eigenvalue weighted by atomic mass is 10.0. The molecule has 2 aromatic rings. The van der Waals surface area contributed by atoms with Gasteiger partial charge in [0, 0.05) is 5.56 Å². The van der Waals surface area contributed by atoms with Gasteiger partial charge in [0.2, 0.25) is 5.91 Å². The van der Waals surface area contributed by atoms with Gasteiger partial charge in [-0.05, 0) is 49.6 Å². The maximum Gasteiger partial charge on any atom is 0.244 e. The fraction of sp³-hybridized carbons (Fsp3) is 0.333. The van der Waals surface area contributed by atoms with Crippen molar-refractivity contribution in [3.05, 3.63) is 58.7 Å². The van der Waals surface area contributed by atoms with Gasteiger partial charge >= 0.3 is 0 Å². The summed E-state index contributed by atoms with van der Waals surface area (Å²) in [7, 11) is 0. The molecule has 136 valence electrons. The molecule has 0 saturated heterocycles. The van der Waals surface area contributed by atoms with Gasteiger partial charge in [0.15, 0.2) is 11.5 Å². The molecule has 0 bridgehead atoms. The molecule has 5 heteroatoms. The van der Waals surface area contributed by atoms with E-state index >= 15 is 0 Å². The lowest BCUT2D eigenvalue weighted by Gasteiger charge is -2.19. The Bertz CT molecular complexity index is 843. The molecule has 0 spiro atoms. The van der Waals surface area contributed by atoms with Crippen molar-refractivity contribution in [2.75, 3.05) is 13.2 Å². The van der Waals surface area contributed by atoms with Gasteiger partial charge in [-0.15, -0.1) is 0 Å². The maximum absolute atomic E-state index is 12.3. The Morgan fingerprint density at radius 3 is 2.58 bits per heavy atom. The van der Waals surface area contributed by atoms with E-state index in [0.717, 1.165) is 33.9 Å². The smallest absolute Gasteiger partial charge is 0.244 e. The van der Waals surface area contributed by atoms with Gasteiger partial charge in [-0.25, -0.2) is 5.43 Å². The third kappa shape index (κ3) is 4.23. The number of carbonyl (C=O) groups excluding carboxylic acids is 1. The quantitative estimate of drug-likeness (QED) is 0.661. The number of amides is 1. The molecule has 26 heavy (non-hydrogen) atoms. The molecule has 2 aromatic carbocycles. The van der Waals surface area contributed by atoms with E-state index in [1.807, 2.05) is 51.1 Å². The molecule has 1 heterocycles. The van der Waals surface area contributed by atoms with Crippen molar-refractivity contribution in [3.8, 4) is 11.5 Å². The van der Waals surface area contributed by atoms with Crippen LogP contribution in [-0.2, 0) is 11.2 Å². The minimum Gasteiger partial charge on any atom is -0.486 e. The van der Waals surface area contributed by atoms with Crippen LogP contribution < -0.4 is 14.9 Å². The monoisotopic (exact) mass is 352 g/mol. The number of aryl methyl sites for hydroxylation is 2. The average Bonchev–Trinajstić information content (AvgIpc) is 2.64. The number of rotatable bonds is 5. The van der Waals surface area contributed by atoms with Crippen LogP contribution in [-0.4, -0.2) is 24.8 Å². The van der Waals surface area contributed by atoms with E-state index < -0.39 is 0 Å². The third-order valence-corrected chi connectivity index (χ3v) is 4.37. The molecular formula is C21H24N2O3. The molecule has 5 nitrogen and oxygen atoms in total. The van der Waals surface area contributed by atoms with E-state index in [2.05, 4.69) is 16.6 Å². The largest absolute Gasteiger partial charge is 0.486 e. The van der Waals surface area contributed by atoms with E-state index in [-0.39, 0.29) is 5.91 Å². The number of ether oxygens (including phenoxy) is 2. The molecule has 0 atom stereocenters. The molecule has 3 rings (SSSR count). The van der Waals surface area contributed by atoms with Crippen LogP contribution in [0.25, 0.3) is 0 Å². The summed E-state index contributed by atoms with van der Waals surface area (Å²) in [6.07, 6.45) is 1.01. The van der Waals surface area contributed by atoms with Gasteiger partial charge in [-0.1, -0.05) is 30.7 Å². The van der Waals surface area contributed by atoms with Gasteiger partial charge in [0.05, 0.1) is 12.1 Å². The van der Waals surface area contributed by atoms with E-state index in [9.17, 15) is 4.79 Å². The predicted molar refractivity (Wildman–Crippen MR) is 102 cm³/mol. The van der Waals surface area contributed by atoms with Gasteiger partial charge in [-0.2, -0.15) is 5.10 Å². The van der Waals surface area contributed by atoms with E-state index in [4.69, 9.17) is 9.47 Å². The molecule has 0 fully saturated rings. The van der Waals surface area contributed by atoms with Crippen LogP contribution in [0.4, 0.5) is 0 Å². The summed E-state index contributed by atoms with van der Waals surface area (Å²) >= 11 is 0. The lowest BCUT2D eigenvalue weighted by molar-refractivity contribution is -0.120. The van der Waals surface area contributed by atoms with Crippen molar-refractivity contribution in [2.45, 2.75) is 33.6 Å². The Balaban J connectivity index is 1.70. The summed E-state index contributed by atoms with van der Waals surface area (Å²) in [4.78, 5) is 12.3. The first-order valence-corrected chi connectivity index (χ1v) is 8.88. The molecular weight excluding hydrogens is 328 g/mol. The van der Waals surface area contributed by atoms with Gasteiger partial charge in [0.25, 0.3) is 0 Å². The average molecular weight is 352 g/mol. The molecule has 1 amide bonds. The highest BCUT2D eigenvalue weighted by Crippen LogP contribution is 2.31. The Kier molecular flexibility index (Phi) is 5.56. The number of fused-ring (bicyclic) bond motifs is 1. The summed E-state index contributed by atoms with van der Waals surface area (Å²) in [5.41, 5.74) is 7.72. The van der Waals surface area contributed by atoms with Crippen molar-refractivity contribution in [1.29, 1.82) is 0 Å². The normalized spacial score (nSPS) is 13.4. The maximum atomic E-state index is 12.3. The number of benzene rings is 2. The van der Waals surface area contributed by atoms with Gasteiger partial charge in [-0.3, -0.25) is 4.79 Å². The fourth-order valence-corrected chi connectivity index (χ4v) is 2.96. The van der Waals surface area contributed by atoms with Crippen molar-refractivity contribution >= 4 is 11.6 Å². The summed E-state index contributed by atoms with van der Waals surface area (Å²) in [6.45, 7) is 7.18. The highest BCUT2D eigenvalue weighted by molar-refractivity contribution is 6.01. The van der Waals surface area contributed by atoms with Crippen molar-refractivity contribution in [3.63, 3.8) is 0 Å². The first-order valence-electron chi connectivity index (χ1n) is 8.88. The summed E-state index contributed by atoms with van der Waals surface area (Å²) < 4.78 is 11.2. The fourth-order valence-electron chi connectivity index (χ4n) is 2.96. The molecule has 1 N–H and O–H groups in total. The van der Waals surface area contributed by atoms with Crippen LogP contribution in [0.5, 0.6) is 11.5 Å². The molecule has 0 unspecified atom stereocenters. The van der Waals surface area contributed by atoms with E-state index in [1.54, 1.807) is 0 Å². The topological polar surface area (TPSA) is 59.9 Å². The molecule has 0 aromatic heterocycles. The second kappa shape index (κ2) is 8.04. The minimum atomic E-state index is -0.125. The van der Waals surface area contributed by atoms with E-state index in [0.29, 0.717) is 26.1 Å². The highest BCUT2D eigenvalue weighted by Gasteiger charge is 2.14. The number of hydrazone groups is 1. The highest BCUT2D eigenvalue weighted by atomic mass is 16.6. The first kappa shape index (κ1) is 18.0. The standard InChI is InChI=1S/C21H24N2O3/c1-4-18(17-7-8-19-20(12-17)26-10-9-25-19)22-23-21(24)13-16-6-5-14(2)11-15(16)3/h5-8,11-12H,4,9-10,13H2,1-3H3,(H,23,24)/b22-18+. The third-order valence-electron chi connectivity index (χ3n) is 4.37. The van der Waals surface area contributed by atoms with Crippen LogP contribution in [0, 0.1) is 13.8 Å². The van der Waals surface area contributed by atoms with Crippen molar-refractivity contribution < 1.29 is 14.3 Å². The molecule has 1 aliphatic heterocycles. The van der Waals surface area contributed by atoms with E-state index in [1.165, 1.54) is 5.56 Å². The summed E-state index contributed by atoms with van der Waals surface area (Å²) in [5.74, 6) is 1.34. The van der Waals surface area contributed by atoms with Crippen LogP contribution in [0.1, 0.15) is 35.6 Å². The molecule has 0 aliphatic carbocycles. The summed E-state index contributed by atoms with van der Waals surface area (Å²) in [5, 5.41) is 4.33. The van der Waals surface area contributed by atoms with Crippen LogP contribution in [0.2, 0.25) is 0 Å². The number of nitrogens with zero attached hydrogens (tertiary/aromatic N) is 1. The van der Waals surface area contributed by atoms with Crippen LogP contribution in [0.3, 0.4) is 0 Å². The minimum absolute atomic E-state index is 0.125. The Morgan fingerprint density at radius 1 is 1.08 bits per heavy atom. The molecule has 0 radical (unpaired) electrons. The second-order valence-electron chi connectivity index (χ2n) is 6.41. The van der Waals surface area contributed by atoms with Crippen LogP contribution in [0.15, 0.2) is 41.5 Å². The Morgan fingerprint density at radius 2 is 1.85 bits per heavy atom. The number of carbonyl (C=O) groups is 1. The molecule has 0 saturated carbocycles. The second-order valence-corrected chi connectivity index (χ2v) is 6.41. The molecule has 1 aliphatic rings. The Labute approximate surface area is 154 Å². The number of nitrogens with one attached hydrogen (secondary N) is 1.